The molecule has 0 spiro atoms. The molecule has 0 radical (unpaired) electrons. The molecule has 0 aliphatic carbocycles. The van der Waals surface area contributed by atoms with Crippen molar-refractivity contribution in [2.45, 2.75) is 18.1 Å². The van der Waals surface area contributed by atoms with Gasteiger partial charge in [0.25, 0.3) is 0 Å². The van der Waals surface area contributed by atoms with Gasteiger partial charge in [0.1, 0.15) is 24.7 Å². The Morgan fingerprint density at radius 3 is 2.58 bits per heavy atom. The van der Waals surface area contributed by atoms with Gasteiger partial charge >= 0.3 is 0 Å². The lowest BCUT2D eigenvalue weighted by Gasteiger charge is -2.36. The molecule has 0 saturated heterocycles. The van der Waals surface area contributed by atoms with E-state index in [2.05, 4.69) is 20.9 Å². The Kier molecular flexibility index (Phi) is 4.01. The Bertz CT molecular complexity index is 505. The number of halogens is 4. The molecule has 6 heteroatoms. The van der Waals surface area contributed by atoms with Gasteiger partial charge in [0.15, 0.2) is 5.60 Å². The molecular weight excluding hydrogens is 323 g/mol. The van der Waals surface area contributed by atoms with Gasteiger partial charge in [-0.25, -0.2) is 13.2 Å². The van der Waals surface area contributed by atoms with E-state index >= 15 is 0 Å². The largest absolute Gasteiger partial charge is 0.361 e. The summed E-state index contributed by atoms with van der Waals surface area (Å²) >= 11 is 3.26. The summed E-state index contributed by atoms with van der Waals surface area (Å²) in [5, 5.41) is 0. The van der Waals surface area contributed by atoms with E-state index < -0.39 is 30.3 Å². The number of benzene rings is 1. The molecule has 1 atom stereocenters. The molecule has 19 heavy (non-hydrogen) atoms. The number of hydrogen-bond donors (Lipinski definition) is 0. The number of aliphatic imine (C=N–C) groups is 1. The summed E-state index contributed by atoms with van der Waals surface area (Å²) in [6, 6.07) is 4.48. The molecule has 1 aromatic rings. The Morgan fingerprint density at radius 1 is 1.37 bits per heavy atom. The van der Waals surface area contributed by atoms with Gasteiger partial charge in [0.2, 0.25) is 0 Å². The van der Waals surface area contributed by atoms with Crippen LogP contribution in [0.1, 0.15) is 12.5 Å². The van der Waals surface area contributed by atoms with Gasteiger partial charge in [0, 0.05) is 16.3 Å². The second-order valence-corrected chi connectivity index (χ2v) is 5.69. The zero-order valence-electron chi connectivity index (χ0n) is 10.3. The number of nitrogens with zero attached hydrogens (tertiary/aromatic N) is 1. The highest BCUT2D eigenvalue weighted by atomic mass is 79.9. The van der Waals surface area contributed by atoms with Gasteiger partial charge < -0.3 is 4.74 Å². The third-order valence-corrected chi connectivity index (χ3v) is 3.68. The van der Waals surface area contributed by atoms with Crippen LogP contribution in [0.2, 0.25) is 0 Å². The molecule has 0 amide bonds. The Morgan fingerprint density at radius 2 is 2.05 bits per heavy atom. The van der Waals surface area contributed by atoms with E-state index in [1.54, 1.807) is 19.1 Å². The fourth-order valence-electron chi connectivity index (χ4n) is 1.86. The van der Waals surface area contributed by atoms with E-state index in [0.29, 0.717) is 10.0 Å². The third kappa shape index (κ3) is 2.69. The number of alkyl halides is 2. The number of rotatable bonds is 3. The summed E-state index contributed by atoms with van der Waals surface area (Å²) in [4.78, 5) is 4.14. The topological polar surface area (TPSA) is 21.6 Å². The second-order valence-electron chi connectivity index (χ2n) is 4.78. The molecule has 2 rings (SSSR count). The predicted octanol–water partition coefficient (Wildman–Crippen LogP) is 3.58. The first-order valence-corrected chi connectivity index (χ1v) is 6.52. The van der Waals surface area contributed by atoms with Crippen molar-refractivity contribution >= 4 is 22.1 Å². The van der Waals surface area contributed by atoms with Crippen molar-refractivity contribution in [1.29, 1.82) is 0 Å². The van der Waals surface area contributed by atoms with Gasteiger partial charge in [0.05, 0.1) is 6.61 Å². The van der Waals surface area contributed by atoms with Crippen molar-refractivity contribution in [1.82, 2.24) is 0 Å². The van der Waals surface area contributed by atoms with Gasteiger partial charge in [-0.05, 0) is 25.1 Å². The minimum absolute atomic E-state index is 0.0787. The number of ether oxygens (including phenoxy) is 1. The Hall–Kier alpha value is -0.880. The van der Waals surface area contributed by atoms with E-state index in [9.17, 15) is 13.2 Å². The quantitative estimate of drug-likeness (QED) is 0.827. The van der Waals surface area contributed by atoms with Crippen LogP contribution in [0.3, 0.4) is 0 Å². The second kappa shape index (κ2) is 5.25. The van der Waals surface area contributed by atoms with Gasteiger partial charge in [-0.2, -0.15) is 0 Å². The summed E-state index contributed by atoms with van der Waals surface area (Å²) in [6.45, 7) is -0.409. The third-order valence-electron chi connectivity index (χ3n) is 3.19. The summed E-state index contributed by atoms with van der Waals surface area (Å²) in [5.74, 6) is -0.431. The highest BCUT2D eigenvalue weighted by Gasteiger charge is 2.40. The molecule has 2 nitrogen and oxygen atoms in total. The maximum Gasteiger partial charge on any atom is 0.159 e. The minimum Gasteiger partial charge on any atom is -0.361 e. The molecule has 0 bridgehead atoms. The molecule has 0 N–H and O–H groups in total. The van der Waals surface area contributed by atoms with E-state index in [1.807, 2.05) is 0 Å². The highest BCUT2D eigenvalue weighted by Crippen LogP contribution is 2.34. The molecule has 1 aliphatic heterocycles. The van der Waals surface area contributed by atoms with Crippen molar-refractivity contribution in [3.05, 3.63) is 34.1 Å². The van der Waals surface area contributed by atoms with Crippen molar-refractivity contribution in [2.24, 2.45) is 4.99 Å². The number of hydrogen-bond acceptors (Lipinski definition) is 2. The molecule has 0 aromatic heterocycles. The smallest absolute Gasteiger partial charge is 0.159 e. The van der Waals surface area contributed by atoms with Gasteiger partial charge in [-0.1, -0.05) is 15.9 Å². The van der Waals surface area contributed by atoms with Crippen LogP contribution in [0.5, 0.6) is 0 Å². The molecule has 1 aromatic carbocycles. The first-order chi connectivity index (χ1) is 8.95. The first kappa shape index (κ1) is 14.5. The van der Waals surface area contributed by atoms with Crippen molar-refractivity contribution in [3.8, 4) is 0 Å². The molecule has 0 fully saturated rings. The molecule has 104 valence electrons. The fraction of sp³-hybridized carbons (Fsp3) is 0.462. The van der Waals surface area contributed by atoms with Crippen LogP contribution in [0.4, 0.5) is 13.2 Å². The van der Waals surface area contributed by atoms with E-state index in [4.69, 9.17) is 4.74 Å². The van der Waals surface area contributed by atoms with Crippen LogP contribution in [0.15, 0.2) is 27.7 Å². The normalized spacial score (nSPS) is 25.5. The summed E-state index contributed by atoms with van der Waals surface area (Å²) < 4.78 is 45.4. The van der Waals surface area contributed by atoms with Crippen LogP contribution < -0.4 is 0 Å². The van der Waals surface area contributed by atoms with Gasteiger partial charge in [-0.15, -0.1) is 0 Å². The standard InChI is InChI=1S/C13H13BrF3NO/c1-12(10-4-9(14)2-3-11(10)17)8-19-13(5-15,6-16)7-18-12/h2-4,7H,5-6,8H2,1H3. The molecular formula is C13H13BrF3NO. The van der Waals surface area contributed by atoms with E-state index in [1.165, 1.54) is 6.07 Å². The van der Waals surface area contributed by atoms with Crippen LogP contribution in [0.25, 0.3) is 0 Å². The average Bonchev–Trinajstić information content (AvgIpc) is 2.43. The SMILES string of the molecule is CC1(c2cc(Br)ccc2F)COC(CF)(CF)C=N1. The van der Waals surface area contributed by atoms with Crippen molar-refractivity contribution in [3.63, 3.8) is 0 Å². The lowest BCUT2D eigenvalue weighted by Crippen LogP contribution is -2.48. The monoisotopic (exact) mass is 335 g/mol. The molecule has 1 aliphatic rings. The lowest BCUT2D eigenvalue weighted by atomic mass is 9.91. The van der Waals surface area contributed by atoms with Crippen LogP contribution in [-0.4, -0.2) is 31.8 Å². The van der Waals surface area contributed by atoms with Crippen molar-refractivity contribution < 1.29 is 17.9 Å². The highest BCUT2D eigenvalue weighted by molar-refractivity contribution is 9.10. The first-order valence-electron chi connectivity index (χ1n) is 5.72. The van der Waals surface area contributed by atoms with Crippen LogP contribution in [0, 0.1) is 5.82 Å². The van der Waals surface area contributed by atoms with Crippen LogP contribution in [-0.2, 0) is 10.3 Å². The van der Waals surface area contributed by atoms with E-state index in [-0.39, 0.29) is 6.61 Å². The predicted molar refractivity (Wildman–Crippen MR) is 70.6 cm³/mol. The summed E-state index contributed by atoms with van der Waals surface area (Å²) in [5.41, 5.74) is -2.28. The zero-order valence-corrected chi connectivity index (χ0v) is 11.9. The maximum absolute atomic E-state index is 13.9. The minimum atomic E-state index is -1.62. The Balaban J connectivity index is 2.38. The molecule has 1 heterocycles. The Labute approximate surface area is 117 Å². The fourth-order valence-corrected chi connectivity index (χ4v) is 2.22. The molecule has 1 unspecified atom stereocenters. The zero-order chi connectivity index (χ0) is 14.1. The van der Waals surface area contributed by atoms with Crippen LogP contribution >= 0.6 is 15.9 Å². The van der Waals surface area contributed by atoms with E-state index in [0.717, 1.165) is 6.21 Å². The lowest BCUT2D eigenvalue weighted by molar-refractivity contribution is -0.0525. The summed E-state index contributed by atoms with van der Waals surface area (Å²) in [6.07, 6.45) is 1.11. The van der Waals surface area contributed by atoms with Crippen molar-refractivity contribution in [2.75, 3.05) is 20.0 Å². The molecule has 0 saturated carbocycles. The average molecular weight is 336 g/mol. The maximum atomic E-state index is 13.9. The summed E-state index contributed by atoms with van der Waals surface area (Å²) in [7, 11) is 0. The van der Waals surface area contributed by atoms with Gasteiger partial charge in [-0.3, -0.25) is 4.99 Å².